The van der Waals surface area contributed by atoms with E-state index in [0.29, 0.717) is 24.5 Å². The smallest absolute Gasteiger partial charge is 0.112 e. The predicted octanol–water partition coefficient (Wildman–Crippen LogP) is 1.87. The molecule has 1 saturated heterocycles. The lowest BCUT2D eigenvalue weighted by Gasteiger charge is -2.37. The molecule has 0 bridgehead atoms. The van der Waals surface area contributed by atoms with Crippen molar-refractivity contribution >= 4 is 11.6 Å². The van der Waals surface area contributed by atoms with Gasteiger partial charge in [0, 0.05) is 19.4 Å². The van der Waals surface area contributed by atoms with Crippen molar-refractivity contribution in [2.45, 2.75) is 44.4 Å². The lowest BCUT2D eigenvalue weighted by molar-refractivity contribution is -0.112. The molecule has 114 valence electrons. The Morgan fingerprint density at radius 2 is 2.35 bits per heavy atom. The van der Waals surface area contributed by atoms with Crippen molar-refractivity contribution in [3.05, 3.63) is 16.9 Å². The Bertz CT molecular complexity index is 450. The van der Waals surface area contributed by atoms with E-state index in [1.807, 2.05) is 18.8 Å². The summed E-state index contributed by atoms with van der Waals surface area (Å²) in [5, 5.41) is 15.9. The first-order chi connectivity index (χ1) is 9.46. The number of halogens is 1. The predicted molar refractivity (Wildman–Crippen MR) is 79.0 cm³/mol. The third-order valence-electron chi connectivity index (χ3n) is 3.88. The van der Waals surface area contributed by atoms with Crippen molar-refractivity contribution in [3.8, 4) is 0 Å². The topological polar surface area (TPSA) is 50.5 Å². The fourth-order valence-electron chi connectivity index (χ4n) is 2.70. The number of likely N-dealkylation sites (N-methyl/N-ethyl adjacent to an activating group) is 1. The van der Waals surface area contributed by atoms with Crippen LogP contribution in [0.4, 0.5) is 0 Å². The van der Waals surface area contributed by atoms with E-state index < -0.39 is 5.60 Å². The summed E-state index contributed by atoms with van der Waals surface area (Å²) in [5.41, 5.74) is -0.193. The third-order valence-corrected chi connectivity index (χ3v) is 4.16. The molecule has 0 spiro atoms. The highest BCUT2D eigenvalue weighted by molar-refractivity contribution is 6.31. The van der Waals surface area contributed by atoms with Crippen LogP contribution in [-0.2, 0) is 16.9 Å². The van der Waals surface area contributed by atoms with E-state index in [1.54, 1.807) is 6.20 Å². The SMILES string of the molecule is CCC1CC(O)(c2c(Cl)cnn2CCN(C)C)CCO1. The molecule has 1 aliphatic heterocycles. The molecule has 2 heterocycles. The number of ether oxygens (including phenoxy) is 1. The van der Waals surface area contributed by atoms with Gasteiger partial charge in [-0.2, -0.15) is 5.10 Å². The van der Waals surface area contributed by atoms with E-state index in [9.17, 15) is 5.11 Å². The van der Waals surface area contributed by atoms with E-state index in [2.05, 4.69) is 16.9 Å². The maximum absolute atomic E-state index is 11.0. The van der Waals surface area contributed by atoms with Gasteiger partial charge < -0.3 is 14.7 Å². The van der Waals surface area contributed by atoms with Crippen molar-refractivity contribution in [1.82, 2.24) is 14.7 Å². The van der Waals surface area contributed by atoms with Crippen LogP contribution in [0.1, 0.15) is 31.9 Å². The van der Waals surface area contributed by atoms with Crippen molar-refractivity contribution in [2.24, 2.45) is 0 Å². The van der Waals surface area contributed by atoms with Crippen molar-refractivity contribution < 1.29 is 9.84 Å². The number of hydrogen-bond donors (Lipinski definition) is 1. The first-order valence-corrected chi connectivity index (χ1v) is 7.54. The first kappa shape index (κ1) is 15.8. The lowest BCUT2D eigenvalue weighted by Crippen LogP contribution is -2.40. The largest absolute Gasteiger partial charge is 0.383 e. The molecule has 0 aromatic carbocycles. The van der Waals surface area contributed by atoms with Gasteiger partial charge in [0.2, 0.25) is 0 Å². The van der Waals surface area contributed by atoms with Gasteiger partial charge in [0.15, 0.2) is 0 Å². The van der Waals surface area contributed by atoms with Crippen LogP contribution in [0.15, 0.2) is 6.20 Å². The second kappa shape index (κ2) is 6.43. The number of aromatic nitrogens is 2. The Morgan fingerprint density at radius 1 is 1.60 bits per heavy atom. The van der Waals surface area contributed by atoms with Crippen LogP contribution >= 0.6 is 11.6 Å². The molecule has 5 nitrogen and oxygen atoms in total. The fraction of sp³-hybridized carbons (Fsp3) is 0.786. The Morgan fingerprint density at radius 3 is 3.00 bits per heavy atom. The summed E-state index contributed by atoms with van der Waals surface area (Å²) in [7, 11) is 4.03. The summed E-state index contributed by atoms with van der Waals surface area (Å²) in [4.78, 5) is 2.09. The van der Waals surface area contributed by atoms with Crippen molar-refractivity contribution in [3.63, 3.8) is 0 Å². The summed E-state index contributed by atoms with van der Waals surface area (Å²) in [5.74, 6) is 0. The number of aliphatic hydroxyl groups is 1. The quantitative estimate of drug-likeness (QED) is 0.902. The zero-order valence-electron chi connectivity index (χ0n) is 12.5. The monoisotopic (exact) mass is 301 g/mol. The molecule has 0 radical (unpaired) electrons. The summed E-state index contributed by atoms with van der Waals surface area (Å²) < 4.78 is 7.49. The molecule has 2 atom stereocenters. The molecule has 0 saturated carbocycles. The number of nitrogens with zero attached hydrogens (tertiary/aromatic N) is 3. The molecule has 6 heteroatoms. The Labute approximate surface area is 125 Å². The van der Waals surface area contributed by atoms with Crippen LogP contribution in [0.3, 0.4) is 0 Å². The molecule has 2 rings (SSSR count). The highest BCUT2D eigenvalue weighted by Crippen LogP contribution is 2.38. The van der Waals surface area contributed by atoms with Crippen LogP contribution in [0.5, 0.6) is 0 Å². The lowest BCUT2D eigenvalue weighted by atomic mass is 9.86. The van der Waals surface area contributed by atoms with Crippen LogP contribution in [-0.4, -0.2) is 53.1 Å². The van der Waals surface area contributed by atoms with E-state index in [1.165, 1.54) is 0 Å². The summed E-state index contributed by atoms with van der Waals surface area (Å²) in [6.45, 7) is 4.20. The summed E-state index contributed by atoms with van der Waals surface area (Å²) in [6.07, 6.45) is 3.75. The third kappa shape index (κ3) is 3.34. The minimum atomic E-state index is -0.932. The van der Waals surface area contributed by atoms with Gasteiger partial charge in [-0.25, -0.2) is 0 Å². The molecule has 1 aromatic rings. The van der Waals surface area contributed by atoms with E-state index in [-0.39, 0.29) is 6.10 Å². The average molecular weight is 302 g/mol. The minimum Gasteiger partial charge on any atom is -0.383 e. The number of hydrogen-bond acceptors (Lipinski definition) is 4. The summed E-state index contributed by atoms with van der Waals surface area (Å²) in [6, 6.07) is 0. The van der Waals surface area contributed by atoms with Crippen LogP contribution in [0.2, 0.25) is 5.02 Å². The van der Waals surface area contributed by atoms with Crippen LogP contribution in [0, 0.1) is 0 Å². The van der Waals surface area contributed by atoms with Crippen molar-refractivity contribution in [1.29, 1.82) is 0 Å². The summed E-state index contributed by atoms with van der Waals surface area (Å²) >= 11 is 6.28. The van der Waals surface area contributed by atoms with Gasteiger partial charge in [-0.1, -0.05) is 18.5 Å². The van der Waals surface area contributed by atoms with Crippen LogP contribution < -0.4 is 0 Å². The zero-order valence-corrected chi connectivity index (χ0v) is 13.2. The van der Waals surface area contributed by atoms with Crippen LogP contribution in [0.25, 0.3) is 0 Å². The molecular formula is C14H24ClN3O2. The normalized spacial score (nSPS) is 27.2. The second-order valence-electron chi connectivity index (χ2n) is 5.75. The van der Waals surface area contributed by atoms with E-state index in [0.717, 1.165) is 25.2 Å². The van der Waals surface area contributed by atoms with E-state index >= 15 is 0 Å². The Hall–Kier alpha value is -0.620. The van der Waals surface area contributed by atoms with Gasteiger partial charge in [-0.15, -0.1) is 0 Å². The van der Waals surface area contributed by atoms with Gasteiger partial charge in [-0.3, -0.25) is 4.68 Å². The molecule has 2 unspecified atom stereocenters. The van der Waals surface area contributed by atoms with Gasteiger partial charge >= 0.3 is 0 Å². The van der Waals surface area contributed by atoms with Crippen molar-refractivity contribution in [2.75, 3.05) is 27.2 Å². The zero-order chi connectivity index (χ0) is 14.8. The maximum Gasteiger partial charge on any atom is 0.112 e. The van der Waals surface area contributed by atoms with Gasteiger partial charge in [-0.05, 0) is 20.5 Å². The molecule has 1 aliphatic rings. The van der Waals surface area contributed by atoms with Gasteiger partial charge in [0.1, 0.15) is 5.60 Å². The number of rotatable bonds is 5. The molecule has 0 aliphatic carbocycles. The van der Waals surface area contributed by atoms with Gasteiger partial charge in [0.05, 0.1) is 36.2 Å². The molecular weight excluding hydrogens is 278 g/mol. The standard InChI is InChI=1S/C14H24ClN3O2/c1-4-11-9-14(19,5-8-20-11)13-12(15)10-16-18(13)7-6-17(2)3/h10-11,19H,4-9H2,1-3H3. The molecule has 1 N–H and O–H groups in total. The minimum absolute atomic E-state index is 0.0852. The molecule has 20 heavy (non-hydrogen) atoms. The molecule has 1 aromatic heterocycles. The fourth-order valence-corrected chi connectivity index (χ4v) is 3.02. The molecule has 0 amide bonds. The first-order valence-electron chi connectivity index (χ1n) is 7.17. The Kier molecular flexibility index (Phi) is 5.07. The maximum atomic E-state index is 11.0. The highest BCUT2D eigenvalue weighted by Gasteiger charge is 2.40. The average Bonchev–Trinajstić information content (AvgIpc) is 2.78. The molecule has 1 fully saturated rings. The highest BCUT2D eigenvalue weighted by atomic mass is 35.5. The van der Waals surface area contributed by atoms with Gasteiger partial charge in [0.25, 0.3) is 0 Å². The second-order valence-corrected chi connectivity index (χ2v) is 6.16. The Balaban J connectivity index is 2.23. The van der Waals surface area contributed by atoms with E-state index in [4.69, 9.17) is 16.3 Å².